The molecular weight excluding hydrogens is 400 g/mol. The van der Waals surface area contributed by atoms with Gasteiger partial charge in [0, 0.05) is 26.1 Å². The molecule has 3 aromatic rings. The van der Waals surface area contributed by atoms with Crippen molar-refractivity contribution in [2.75, 3.05) is 13.2 Å². The lowest BCUT2D eigenvalue weighted by atomic mass is 10.1. The highest BCUT2D eigenvalue weighted by Gasteiger charge is 2.37. The average molecular weight is 429 g/mol. The van der Waals surface area contributed by atoms with E-state index in [1.54, 1.807) is 0 Å². The molecule has 1 fully saturated rings. The molecule has 5 heteroatoms. The van der Waals surface area contributed by atoms with Crippen LogP contribution in [0.2, 0.25) is 0 Å². The van der Waals surface area contributed by atoms with Crippen molar-refractivity contribution in [2.45, 2.75) is 32.0 Å². The molecule has 0 N–H and O–H groups in total. The van der Waals surface area contributed by atoms with Crippen LogP contribution >= 0.6 is 0 Å². The summed E-state index contributed by atoms with van der Waals surface area (Å²) in [4.78, 5) is 28.9. The Morgan fingerprint density at radius 2 is 1.31 bits per heavy atom. The summed E-state index contributed by atoms with van der Waals surface area (Å²) in [6.45, 7) is 2.28. The van der Waals surface area contributed by atoms with Gasteiger partial charge in [-0.2, -0.15) is 0 Å². The smallest absolute Gasteiger partial charge is 0.416 e. The molecule has 0 bridgehead atoms. The van der Waals surface area contributed by atoms with Crippen molar-refractivity contribution in [3.8, 4) is 0 Å². The van der Waals surface area contributed by atoms with E-state index >= 15 is 0 Å². The van der Waals surface area contributed by atoms with Crippen molar-refractivity contribution in [3.63, 3.8) is 0 Å². The number of benzene rings is 3. The van der Waals surface area contributed by atoms with Gasteiger partial charge in [-0.25, -0.2) is 9.69 Å². The van der Waals surface area contributed by atoms with Crippen LogP contribution in [0.1, 0.15) is 23.1 Å². The van der Waals surface area contributed by atoms with Gasteiger partial charge in [0.15, 0.2) is 0 Å². The van der Waals surface area contributed by atoms with Crippen LogP contribution in [0.4, 0.5) is 4.79 Å². The molecule has 3 aromatic carbocycles. The lowest BCUT2D eigenvalue weighted by molar-refractivity contribution is -0.129. The maximum Gasteiger partial charge on any atom is 0.416 e. The van der Waals surface area contributed by atoms with E-state index in [0.29, 0.717) is 13.0 Å². The quantitative estimate of drug-likeness (QED) is 0.497. The molecule has 4 rings (SSSR count). The standard InChI is InChI=1S/C27H28N2O3/c30-26(29-25(21-32-27(29)31)18-22-10-4-1-5-11-22)16-17-28(19-23-12-6-2-7-13-23)20-24-14-8-3-9-15-24/h1-15,25H,16-21H2/t25-/m0/s1. The lowest BCUT2D eigenvalue weighted by Gasteiger charge is -2.25. The van der Waals surface area contributed by atoms with Crippen molar-refractivity contribution in [1.82, 2.24) is 9.80 Å². The first kappa shape index (κ1) is 21.8. The van der Waals surface area contributed by atoms with Gasteiger partial charge in [0.25, 0.3) is 0 Å². The first-order valence-electron chi connectivity index (χ1n) is 11.0. The number of carbonyl (C=O) groups excluding carboxylic acids is 2. The van der Waals surface area contributed by atoms with Crippen molar-refractivity contribution < 1.29 is 14.3 Å². The summed E-state index contributed by atoms with van der Waals surface area (Å²) in [5.74, 6) is -0.181. The minimum absolute atomic E-state index is 0.181. The molecule has 1 aliphatic heterocycles. The summed E-state index contributed by atoms with van der Waals surface area (Å²) in [6, 6.07) is 30.1. The van der Waals surface area contributed by atoms with Gasteiger partial charge in [-0.15, -0.1) is 0 Å². The summed E-state index contributed by atoms with van der Waals surface area (Å²) in [6.07, 6.45) is 0.337. The Morgan fingerprint density at radius 1 is 0.812 bits per heavy atom. The van der Waals surface area contributed by atoms with Crippen LogP contribution in [0.15, 0.2) is 91.0 Å². The monoisotopic (exact) mass is 428 g/mol. The number of amides is 2. The van der Waals surface area contributed by atoms with Crippen molar-refractivity contribution in [2.24, 2.45) is 0 Å². The maximum absolute atomic E-state index is 13.1. The molecule has 0 aromatic heterocycles. The molecule has 1 heterocycles. The maximum atomic E-state index is 13.1. The zero-order chi connectivity index (χ0) is 22.2. The second-order valence-corrected chi connectivity index (χ2v) is 8.12. The van der Waals surface area contributed by atoms with Gasteiger partial charge >= 0.3 is 6.09 Å². The summed E-state index contributed by atoms with van der Waals surface area (Å²) in [7, 11) is 0. The van der Waals surface area contributed by atoms with Crippen LogP contribution in [-0.2, 0) is 29.0 Å². The Morgan fingerprint density at radius 3 is 1.84 bits per heavy atom. The number of ether oxygens (including phenoxy) is 1. The van der Waals surface area contributed by atoms with E-state index in [9.17, 15) is 9.59 Å². The first-order chi connectivity index (χ1) is 15.7. The predicted octanol–water partition coefficient (Wildman–Crippen LogP) is 4.67. The number of imide groups is 1. The zero-order valence-corrected chi connectivity index (χ0v) is 18.1. The number of hydrogen-bond acceptors (Lipinski definition) is 4. The van der Waals surface area contributed by atoms with Gasteiger partial charge in [0.05, 0.1) is 6.04 Å². The molecule has 0 spiro atoms. The van der Waals surface area contributed by atoms with Crippen molar-refractivity contribution in [1.29, 1.82) is 0 Å². The van der Waals surface area contributed by atoms with E-state index < -0.39 is 6.09 Å². The van der Waals surface area contributed by atoms with Crippen LogP contribution in [0, 0.1) is 0 Å². The molecule has 0 saturated carbocycles. The summed E-state index contributed by atoms with van der Waals surface area (Å²) in [5.41, 5.74) is 3.47. The fraction of sp³-hybridized carbons (Fsp3) is 0.259. The highest BCUT2D eigenvalue weighted by Crippen LogP contribution is 2.19. The molecule has 2 amide bonds. The van der Waals surface area contributed by atoms with E-state index in [4.69, 9.17) is 4.74 Å². The molecule has 32 heavy (non-hydrogen) atoms. The predicted molar refractivity (Wildman–Crippen MR) is 124 cm³/mol. The van der Waals surface area contributed by atoms with E-state index in [-0.39, 0.29) is 25.0 Å². The van der Waals surface area contributed by atoms with Gasteiger partial charge in [-0.05, 0) is 23.1 Å². The zero-order valence-electron chi connectivity index (χ0n) is 18.1. The van der Waals surface area contributed by atoms with Crippen molar-refractivity contribution >= 4 is 12.0 Å². The van der Waals surface area contributed by atoms with E-state index in [1.807, 2.05) is 66.7 Å². The Balaban J connectivity index is 1.41. The molecular formula is C27H28N2O3. The highest BCUT2D eigenvalue weighted by atomic mass is 16.6. The molecule has 0 unspecified atom stereocenters. The Bertz CT molecular complexity index is 967. The second kappa shape index (κ2) is 10.7. The molecule has 164 valence electrons. The molecule has 1 saturated heterocycles. The number of hydrogen-bond donors (Lipinski definition) is 0. The Kier molecular flexibility index (Phi) is 7.31. The number of carbonyl (C=O) groups is 2. The normalized spacial score (nSPS) is 15.7. The van der Waals surface area contributed by atoms with Crippen LogP contribution in [0.3, 0.4) is 0 Å². The third kappa shape index (κ3) is 5.83. The fourth-order valence-corrected chi connectivity index (χ4v) is 4.07. The number of rotatable bonds is 9. The summed E-state index contributed by atoms with van der Waals surface area (Å²) in [5, 5.41) is 0. The van der Waals surface area contributed by atoms with Gasteiger partial charge in [-0.3, -0.25) is 9.69 Å². The summed E-state index contributed by atoms with van der Waals surface area (Å²) >= 11 is 0. The van der Waals surface area contributed by atoms with E-state index in [2.05, 4.69) is 29.2 Å². The van der Waals surface area contributed by atoms with Crippen LogP contribution in [0.5, 0.6) is 0 Å². The van der Waals surface area contributed by atoms with Crippen LogP contribution in [0.25, 0.3) is 0 Å². The second-order valence-electron chi connectivity index (χ2n) is 8.12. The van der Waals surface area contributed by atoms with Crippen LogP contribution < -0.4 is 0 Å². The van der Waals surface area contributed by atoms with E-state index in [0.717, 1.165) is 18.7 Å². The molecule has 1 atom stereocenters. The lowest BCUT2D eigenvalue weighted by Crippen LogP contribution is -2.41. The van der Waals surface area contributed by atoms with Crippen molar-refractivity contribution in [3.05, 3.63) is 108 Å². The van der Waals surface area contributed by atoms with Gasteiger partial charge in [-0.1, -0.05) is 91.0 Å². The minimum atomic E-state index is -0.534. The first-order valence-corrected chi connectivity index (χ1v) is 11.0. The highest BCUT2D eigenvalue weighted by molar-refractivity contribution is 5.93. The number of nitrogens with zero attached hydrogens (tertiary/aromatic N) is 2. The van der Waals surface area contributed by atoms with Gasteiger partial charge in [0.2, 0.25) is 5.91 Å². The van der Waals surface area contributed by atoms with Gasteiger partial charge in [0.1, 0.15) is 6.61 Å². The molecule has 1 aliphatic rings. The molecule has 0 radical (unpaired) electrons. The molecule has 0 aliphatic carbocycles. The molecule has 5 nitrogen and oxygen atoms in total. The number of cyclic esters (lactones) is 1. The fourth-order valence-electron chi connectivity index (χ4n) is 4.07. The Labute approximate surface area is 189 Å². The third-order valence-electron chi connectivity index (χ3n) is 5.68. The van der Waals surface area contributed by atoms with E-state index in [1.165, 1.54) is 16.0 Å². The van der Waals surface area contributed by atoms with Crippen LogP contribution in [-0.4, -0.2) is 41.0 Å². The average Bonchev–Trinajstić information content (AvgIpc) is 3.19. The third-order valence-corrected chi connectivity index (χ3v) is 5.68. The SMILES string of the molecule is O=C(CCN(Cc1ccccc1)Cc1ccccc1)N1C(=O)OC[C@@H]1Cc1ccccc1. The topological polar surface area (TPSA) is 49.9 Å². The van der Waals surface area contributed by atoms with Gasteiger partial charge < -0.3 is 4.74 Å². The Hall–Kier alpha value is -3.44. The minimum Gasteiger partial charge on any atom is -0.447 e. The summed E-state index contributed by atoms with van der Waals surface area (Å²) < 4.78 is 5.22. The largest absolute Gasteiger partial charge is 0.447 e.